The van der Waals surface area contributed by atoms with Crippen LogP contribution in [0.25, 0.3) is 0 Å². The van der Waals surface area contributed by atoms with Crippen LogP contribution in [0.1, 0.15) is 44.2 Å². The van der Waals surface area contributed by atoms with E-state index in [1.165, 1.54) is 0 Å². The summed E-state index contributed by atoms with van der Waals surface area (Å²) in [5.74, 6) is 1.60. The normalized spacial score (nSPS) is 13.5. The molecular formula is C20H24N4O2. The van der Waals surface area contributed by atoms with Crippen molar-refractivity contribution in [2.75, 3.05) is 11.1 Å². The highest BCUT2D eigenvalue weighted by molar-refractivity contribution is 6.14. The summed E-state index contributed by atoms with van der Waals surface area (Å²) in [5, 5.41) is 11.3. The standard InChI is InChI=1S/C20H24N4O2/c1-12(2)26-15-5-6-17(21)16(11-15)20(22)14-7-8-23-18(10-14)24-19(25)9-13-3-4-13/h5-8,10-13,22H,3-4,9,21H2,1-2H3,(H,23,24,25). The Morgan fingerprint density at radius 2 is 2.12 bits per heavy atom. The Morgan fingerprint density at radius 1 is 1.35 bits per heavy atom. The van der Waals surface area contributed by atoms with Gasteiger partial charge < -0.3 is 15.8 Å². The number of anilines is 2. The van der Waals surface area contributed by atoms with Crippen molar-refractivity contribution in [3.8, 4) is 5.75 Å². The van der Waals surface area contributed by atoms with Crippen LogP contribution in [0.4, 0.5) is 11.5 Å². The van der Waals surface area contributed by atoms with Crippen molar-refractivity contribution in [1.82, 2.24) is 4.98 Å². The number of aromatic nitrogens is 1. The third kappa shape index (κ3) is 4.59. The number of nitrogens with one attached hydrogen (secondary N) is 2. The molecule has 0 atom stereocenters. The predicted molar refractivity (Wildman–Crippen MR) is 103 cm³/mol. The Hall–Kier alpha value is -2.89. The lowest BCUT2D eigenvalue weighted by atomic mass is 10.0. The van der Waals surface area contributed by atoms with Gasteiger partial charge in [0.05, 0.1) is 11.8 Å². The maximum absolute atomic E-state index is 12.0. The molecule has 0 bridgehead atoms. The molecule has 1 fully saturated rings. The van der Waals surface area contributed by atoms with Crippen LogP contribution in [0.2, 0.25) is 0 Å². The van der Waals surface area contributed by atoms with Crippen molar-refractivity contribution in [1.29, 1.82) is 5.41 Å². The number of amides is 1. The van der Waals surface area contributed by atoms with Crippen molar-refractivity contribution in [3.63, 3.8) is 0 Å². The van der Waals surface area contributed by atoms with Gasteiger partial charge in [-0.2, -0.15) is 0 Å². The molecule has 1 aliphatic carbocycles. The van der Waals surface area contributed by atoms with E-state index in [1.807, 2.05) is 13.8 Å². The van der Waals surface area contributed by atoms with Gasteiger partial charge in [-0.1, -0.05) is 0 Å². The van der Waals surface area contributed by atoms with E-state index in [-0.39, 0.29) is 17.7 Å². The lowest BCUT2D eigenvalue weighted by Crippen LogP contribution is -2.14. The number of carbonyl (C=O) groups excluding carboxylic acids is 1. The molecule has 0 unspecified atom stereocenters. The summed E-state index contributed by atoms with van der Waals surface area (Å²) in [6.07, 6.45) is 4.40. The molecule has 1 aromatic heterocycles. The molecule has 3 rings (SSSR count). The molecule has 1 amide bonds. The molecule has 1 heterocycles. The van der Waals surface area contributed by atoms with Crippen molar-refractivity contribution in [3.05, 3.63) is 47.7 Å². The summed E-state index contributed by atoms with van der Waals surface area (Å²) in [6, 6.07) is 8.73. The number of pyridine rings is 1. The molecule has 1 aromatic carbocycles. The first-order valence-corrected chi connectivity index (χ1v) is 8.83. The molecule has 0 radical (unpaired) electrons. The van der Waals surface area contributed by atoms with Crippen LogP contribution < -0.4 is 15.8 Å². The minimum Gasteiger partial charge on any atom is -0.491 e. The third-order valence-electron chi connectivity index (χ3n) is 4.15. The summed E-state index contributed by atoms with van der Waals surface area (Å²) in [4.78, 5) is 16.2. The Balaban J connectivity index is 1.78. The van der Waals surface area contributed by atoms with E-state index in [4.69, 9.17) is 15.9 Å². The molecule has 1 aliphatic rings. The largest absolute Gasteiger partial charge is 0.491 e. The number of rotatable bonds is 7. The average Bonchev–Trinajstić information content (AvgIpc) is 3.39. The first kappa shape index (κ1) is 17.9. The number of ether oxygens (including phenoxy) is 1. The fourth-order valence-electron chi connectivity index (χ4n) is 2.69. The molecule has 136 valence electrons. The summed E-state index contributed by atoms with van der Waals surface area (Å²) in [7, 11) is 0. The van der Waals surface area contributed by atoms with E-state index in [2.05, 4.69) is 10.3 Å². The second kappa shape index (κ2) is 7.56. The van der Waals surface area contributed by atoms with Gasteiger partial charge in [0.25, 0.3) is 0 Å². The molecule has 4 N–H and O–H groups in total. The van der Waals surface area contributed by atoms with Gasteiger partial charge in [0, 0.05) is 29.4 Å². The monoisotopic (exact) mass is 352 g/mol. The van der Waals surface area contributed by atoms with E-state index in [1.54, 1.807) is 36.5 Å². The average molecular weight is 352 g/mol. The van der Waals surface area contributed by atoms with Crippen LogP contribution in [0.15, 0.2) is 36.5 Å². The van der Waals surface area contributed by atoms with Gasteiger partial charge in [0.15, 0.2) is 0 Å². The Morgan fingerprint density at radius 3 is 2.81 bits per heavy atom. The molecule has 26 heavy (non-hydrogen) atoms. The highest BCUT2D eigenvalue weighted by Gasteiger charge is 2.24. The van der Waals surface area contributed by atoms with E-state index in [0.29, 0.717) is 40.7 Å². The summed E-state index contributed by atoms with van der Waals surface area (Å²) < 4.78 is 5.69. The van der Waals surface area contributed by atoms with E-state index in [0.717, 1.165) is 12.8 Å². The number of nitrogens with two attached hydrogens (primary N) is 1. The number of hydrogen-bond acceptors (Lipinski definition) is 5. The zero-order valence-electron chi connectivity index (χ0n) is 15.1. The lowest BCUT2D eigenvalue weighted by Gasteiger charge is -2.14. The van der Waals surface area contributed by atoms with Gasteiger partial charge in [0.2, 0.25) is 5.91 Å². The molecule has 6 nitrogen and oxygen atoms in total. The highest BCUT2D eigenvalue weighted by atomic mass is 16.5. The first-order valence-electron chi connectivity index (χ1n) is 8.83. The van der Waals surface area contributed by atoms with Gasteiger partial charge in [-0.25, -0.2) is 4.98 Å². The maximum Gasteiger partial charge on any atom is 0.225 e. The van der Waals surface area contributed by atoms with Crippen molar-refractivity contribution in [2.24, 2.45) is 5.92 Å². The number of carbonyl (C=O) groups is 1. The molecule has 2 aromatic rings. The van der Waals surface area contributed by atoms with Crippen molar-refractivity contribution in [2.45, 2.75) is 39.2 Å². The molecular weight excluding hydrogens is 328 g/mol. The molecule has 6 heteroatoms. The number of benzene rings is 1. The quantitative estimate of drug-likeness (QED) is 0.523. The molecule has 0 saturated heterocycles. The van der Waals surface area contributed by atoms with Crippen molar-refractivity contribution >= 4 is 23.1 Å². The second-order valence-corrected chi connectivity index (χ2v) is 6.92. The topological polar surface area (TPSA) is 101 Å². The Labute approximate surface area is 153 Å². The van der Waals surface area contributed by atoms with Crippen molar-refractivity contribution < 1.29 is 9.53 Å². The molecule has 0 aliphatic heterocycles. The summed E-state index contributed by atoms with van der Waals surface area (Å²) in [5.41, 5.74) is 8.04. The van der Waals surface area contributed by atoms with Gasteiger partial charge in [-0.15, -0.1) is 0 Å². The van der Waals surface area contributed by atoms with Crippen LogP contribution in [-0.2, 0) is 4.79 Å². The predicted octanol–water partition coefficient (Wildman–Crippen LogP) is 3.61. The zero-order chi connectivity index (χ0) is 18.7. The minimum absolute atomic E-state index is 0.0319. The maximum atomic E-state index is 12.0. The molecule has 0 spiro atoms. The van der Waals surface area contributed by atoms with Crippen LogP contribution in [0, 0.1) is 11.3 Å². The third-order valence-corrected chi connectivity index (χ3v) is 4.15. The van der Waals surface area contributed by atoms with Crippen LogP contribution in [0.5, 0.6) is 5.75 Å². The number of hydrogen-bond donors (Lipinski definition) is 3. The van der Waals surface area contributed by atoms with Gasteiger partial charge >= 0.3 is 0 Å². The number of nitrogen functional groups attached to an aromatic ring is 1. The van der Waals surface area contributed by atoms with Gasteiger partial charge in [0.1, 0.15) is 11.6 Å². The van der Waals surface area contributed by atoms with Gasteiger partial charge in [-0.05, 0) is 62.9 Å². The zero-order valence-corrected chi connectivity index (χ0v) is 15.1. The van der Waals surface area contributed by atoms with Crippen LogP contribution in [0.3, 0.4) is 0 Å². The van der Waals surface area contributed by atoms with Gasteiger partial charge in [-0.3, -0.25) is 10.2 Å². The second-order valence-electron chi connectivity index (χ2n) is 6.92. The molecule has 1 saturated carbocycles. The number of nitrogens with zero attached hydrogens (tertiary/aromatic N) is 1. The van der Waals surface area contributed by atoms with Crippen LogP contribution in [-0.4, -0.2) is 22.7 Å². The first-order chi connectivity index (χ1) is 12.4. The van der Waals surface area contributed by atoms with E-state index >= 15 is 0 Å². The fourth-order valence-corrected chi connectivity index (χ4v) is 2.69. The Bertz CT molecular complexity index is 828. The van der Waals surface area contributed by atoms with Crippen LogP contribution >= 0.6 is 0 Å². The summed E-state index contributed by atoms with van der Waals surface area (Å²) >= 11 is 0. The fraction of sp³-hybridized carbons (Fsp3) is 0.350. The lowest BCUT2D eigenvalue weighted by molar-refractivity contribution is -0.116. The summed E-state index contributed by atoms with van der Waals surface area (Å²) in [6.45, 7) is 3.89. The minimum atomic E-state index is -0.0319. The Kier molecular flexibility index (Phi) is 5.21. The highest BCUT2D eigenvalue weighted by Crippen LogP contribution is 2.32. The smallest absolute Gasteiger partial charge is 0.225 e. The SMILES string of the molecule is CC(C)Oc1ccc(N)c(C(=N)c2ccnc(NC(=O)CC3CC3)c2)c1. The van der Waals surface area contributed by atoms with E-state index in [9.17, 15) is 4.79 Å². The van der Waals surface area contributed by atoms with E-state index < -0.39 is 0 Å².